The molecule has 0 saturated carbocycles. The topological polar surface area (TPSA) is 67.3 Å². The maximum atomic E-state index is 14.0. The van der Waals surface area contributed by atoms with Gasteiger partial charge in [-0.1, -0.05) is 12.1 Å². The molecule has 0 spiro atoms. The molecule has 94 valence electrons. The average Bonchev–Trinajstić information content (AvgIpc) is 2.38. The van der Waals surface area contributed by atoms with Gasteiger partial charge in [0.05, 0.1) is 5.69 Å². The van der Waals surface area contributed by atoms with Gasteiger partial charge >= 0.3 is 0 Å². The van der Waals surface area contributed by atoms with E-state index in [4.69, 9.17) is 11.5 Å². The first-order valence-corrected chi connectivity index (χ1v) is 5.93. The number of rotatable bonds is 3. The highest BCUT2D eigenvalue weighted by Crippen LogP contribution is 2.28. The number of anilines is 1. The quantitative estimate of drug-likeness (QED) is 0.703. The van der Waals surface area contributed by atoms with E-state index in [9.17, 15) is 4.39 Å². The molecule has 0 aromatic heterocycles. The third-order valence-corrected chi connectivity index (χ3v) is 3.10. The summed E-state index contributed by atoms with van der Waals surface area (Å²) in [6.07, 6.45) is 0. The van der Waals surface area contributed by atoms with Crippen molar-refractivity contribution in [1.82, 2.24) is 5.32 Å². The normalized spacial score (nSPS) is 18.2. The Kier molecular flexibility index (Phi) is 3.93. The fraction of sp³-hybridized carbons (Fsp3) is 0.500. The molecular weight excluding hydrogens is 219 g/mol. The van der Waals surface area contributed by atoms with Crippen molar-refractivity contribution in [1.29, 1.82) is 0 Å². The van der Waals surface area contributed by atoms with Crippen LogP contribution in [0.1, 0.15) is 11.6 Å². The van der Waals surface area contributed by atoms with Gasteiger partial charge in [0.15, 0.2) is 0 Å². The third-order valence-electron chi connectivity index (χ3n) is 3.10. The van der Waals surface area contributed by atoms with Gasteiger partial charge in [0, 0.05) is 38.8 Å². The Bertz CT molecular complexity index is 377. The van der Waals surface area contributed by atoms with E-state index < -0.39 is 0 Å². The van der Waals surface area contributed by atoms with Crippen LogP contribution in [0.5, 0.6) is 0 Å². The smallest absolute Gasteiger partial charge is 0.146 e. The summed E-state index contributed by atoms with van der Waals surface area (Å²) < 4.78 is 14.0. The van der Waals surface area contributed by atoms with Crippen LogP contribution < -0.4 is 21.7 Å². The van der Waals surface area contributed by atoms with E-state index in [1.54, 1.807) is 6.07 Å². The first kappa shape index (κ1) is 12.3. The lowest BCUT2D eigenvalue weighted by Gasteiger charge is -2.32. The molecule has 1 aliphatic heterocycles. The van der Waals surface area contributed by atoms with Gasteiger partial charge in [0.2, 0.25) is 0 Å². The van der Waals surface area contributed by atoms with Crippen molar-refractivity contribution in [2.24, 2.45) is 11.5 Å². The van der Waals surface area contributed by atoms with Crippen molar-refractivity contribution in [2.45, 2.75) is 6.04 Å². The number of halogens is 1. The summed E-state index contributed by atoms with van der Waals surface area (Å²) >= 11 is 0. The van der Waals surface area contributed by atoms with E-state index in [1.165, 1.54) is 6.07 Å². The van der Waals surface area contributed by atoms with Gasteiger partial charge in [0.25, 0.3) is 0 Å². The molecule has 0 radical (unpaired) electrons. The lowest BCUT2D eigenvalue weighted by atomic mass is 10.0. The lowest BCUT2D eigenvalue weighted by Crippen LogP contribution is -2.44. The first-order chi connectivity index (χ1) is 8.24. The van der Waals surface area contributed by atoms with E-state index in [2.05, 4.69) is 5.32 Å². The number of benzene rings is 1. The highest BCUT2D eigenvalue weighted by molar-refractivity contribution is 5.56. The Morgan fingerprint density at radius 3 is 2.71 bits per heavy atom. The van der Waals surface area contributed by atoms with Gasteiger partial charge in [-0.3, -0.25) is 0 Å². The van der Waals surface area contributed by atoms with Crippen LogP contribution in [0.15, 0.2) is 18.2 Å². The van der Waals surface area contributed by atoms with Crippen LogP contribution in [0.4, 0.5) is 10.1 Å². The molecule has 0 amide bonds. The third kappa shape index (κ3) is 2.57. The number of piperazine rings is 1. The van der Waals surface area contributed by atoms with Gasteiger partial charge in [-0.25, -0.2) is 4.39 Å². The molecule has 0 bridgehead atoms. The summed E-state index contributed by atoms with van der Waals surface area (Å²) in [6, 6.07) is 4.71. The highest BCUT2D eigenvalue weighted by Gasteiger charge is 2.20. The molecule has 0 aliphatic carbocycles. The van der Waals surface area contributed by atoms with Gasteiger partial charge in [-0.05, 0) is 11.6 Å². The fourth-order valence-corrected chi connectivity index (χ4v) is 2.18. The van der Waals surface area contributed by atoms with E-state index in [1.807, 2.05) is 11.0 Å². The number of hydrogen-bond acceptors (Lipinski definition) is 4. The van der Waals surface area contributed by atoms with Gasteiger partial charge < -0.3 is 21.7 Å². The van der Waals surface area contributed by atoms with E-state index >= 15 is 0 Å². The molecule has 1 atom stereocenters. The summed E-state index contributed by atoms with van der Waals surface area (Å²) in [7, 11) is 0. The van der Waals surface area contributed by atoms with Crippen LogP contribution >= 0.6 is 0 Å². The number of hydrogen-bond donors (Lipinski definition) is 3. The standard InChI is InChI=1S/C12H19FN4/c13-10-3-1-2-9(11(15)8-14)12(10)17-6-4-16-5-7-17/h1-3,11,16H,4-8,14-15H2. The van der Waals surface area contributed by atoms with Crippen LogP contribution in [0.3, 0.4) is 0 Å². The van der Waals surface area contributed by atoms with Crippen molar-refractivity contribution in [3.8, 4) is 0 Å². The lowest BCUT2D eigenvalue weighted by molar-refractivity contribution is 0.560. The molecule has 17 heavy (non-hydrogen) atoms. The summed E-state index contributed by atoms with van der Waals surface area (Å²) in [5.74, 6) is -0.215. The molecule has 1 saturated heterocycles. The number of nitrogens with one attached hydrogen (secondary N) is 1. The minimum absolute atomic E-state index is 0.215. The van der Waals surface area contributed by atoms with Crippen LogP contribution in [-0.4, -0.2) is 32.7 Å². The summed E-state index contributed by atoms with van der Waals surface area (Å²) in [4.78, 5) is 2.04. The van der Waals surface area contributed by atoms with E-state index in [-0.39, 0.29) is 11.9 Å². The second-order valence-electron chi connectivity index (χ2n) is 4.26. The SMILES string of the molecule is NCC(N)c1cccc(F)c1N1CCNCC1. The zero-order valence-corrected chi connectivity index (χ0v) is 9.82. The van der Waals surface area contributed by atoms with E-state index in [0.717, 1.165) is 31.7 Å². The second-order valence-corrected chi connectivity index (χ2v) is 4.26. The molecule has 1 aromatic rings. The average molecular weight is 238 g/mol. The Balaban J connectivity index is 2.35. The molecular formula is C12H19FN4. The Hall–Kier alpha value is -1.17. The van der Waals surface area contributed by atoms with Crippen LogP contribution in [-0.2, 0) is 0 Å². The molecule has 1 fully saturated rings. The first-order valence-electron chi connectivity index (χ1n) is 5.93. The summed E-state index contributed by atoms with van der Waals surface area (Å²) in [6.45, 7) is 3.65. The van der Waals surface area contributed by atoms with Crippen molar-refractivity contribution in [3.63, 3.8) is 0 Å². The van der Waals surface area contributed by atoms with Gasteiger partial charge in [-0.15, -0.1) is 0 Å². The molecule has 4 nitrogen and oxygen atoms in total. The predicted molar refractivity (Wildman–Crippen MR) is 67.5 cm³/mol. The Labute approximate surface area is 101 Å². The zero-order chi connectivity index (χ0) is 12.3. The second kappa shape index (κ2) is 5.44. The maximum absolute atomic E-state index is 14.0. The number of nitrogens with two attached hydrogens (primary N) is 2. The number of nitrogens with zero attached hydrogens (tertiary/aromatic N) is 1. The molecule has 1 aliphatic rings. The highest BCUT2D eigenvalue weighted by atomic mass is 19.1. The monoisotopic (exact) mass is 238 g/mol. The van der Waals surface area contributed by atoms with Crippen LogP contribution in [0.25, 0.3) is 0 Å². The zero-order valence-electron chi connectivity index (χ0n) is 9.82. The van der Waals surface area contributed by atoms with Gasteiger partial charge in [-0.2, -0.15) is 0 Å². The number of para-hydroxylation sites is 1. The fourth-order valence-electron chi connectivity index (χ4n) is 2.18. The molecule has 1 aromatic carbocycles. The van der Waals surface area contributed by atoms with E-state index in [0.29, 0.717) is 12.2 Å². The molecule has 5 N–H and O–H groups in total. The largest absolute Gasteiger partial charge is 0.366 e. The Morgan fingerprint density at radius 2 is 2.06 bits per heavy atom. The minimum Gasteiger partial charge on any atom is -0.366 e. The van der Waals surface area contributed by atoms with Crippen molar-refractivity contribution in [3.05, 3.63) is 29.6 Å². The van der Waals surface area contributed by atoms with Crippen molar-refractivity contribution >= 4 is 5.69 Å². The van der Waals surface area contributed by atoms with Gasteiger partial charge in [0.1, 0.15) is 5.82 Å². The van der Waals surface area contributed by atoms with Crippen LogP contribution in [0, 0.1) is 5.82 Å². The van der Waals surface area contributed by atoms with Crippen molar-refractivity contribution < 1.29 is 4.39 Å². The summed E-state index contributed by atoms with van der Waals surface area (Å²) in [5.41, 5.74) is 12.9. The molecule has 2 rings (SSSR count). The summed E-state index contributed by atoms with van der Waals surface area (Å²) in [5, 5.41) is 3.25. The maximum Gasteiger partial charge on any atom is 0.146 e. The Morgan fingerprint density at radius 1 is 1.35 bits per heavy atom. The molecule has 1 unspecified atom stereocenters. The predicted octanol–water partition coefficient (Wildman–Crippen LogP) is 0.194. The molecule has 5 heteroatoms. The minimum atomic E-state index is -0.310. The van der Waals surface area contributed by atoms with Crippen molar-refractivity contribution in [2.75, 3.05) is 37.6 Å². The molecule has 1 heterocycles. The van der Waals surface area contributed by atoms with Crippen LogP contribution in [0.2, 0.25) is 0 Å².